The summed E-state index contributed by atoms with van der Waals surface area (Å²) in [6.07, 6.45) is 3.49. The zero-order valence-corrected chi connectivity index (χ0v) is 33.3. The van der Waals surface area contributed by atoms with Crippen LogP contribution in [0.2, 0.25) is 0 Å². The Hall–Kier alpha value is -4.97. The maximum absolute atomic E-state index is 15.3. The highest BCUT2D eigenvalue weighted by Gasteiger charge is 2.46. The molecule has 0 aliphatic carbocycles. The highest BCUT2D eigenvalue weighted by molar-refractivity contribution is 7.46. The van der Waals surface area contributed by atoms with Crippen LogP contribution in [0.25, 0.3) is 5.69 Å². The van der Waals surface area contributed by atoms with Crippen LogP contribution in [0, 0.1) is 17.6 Å². The van der Waals surface area contributed by atoms with Crippen molar-refractivity contribution in [3.8, 4) is 11.4 Å². The van der Waals surface area contributed by atoms with E-state index < -0.39 is 37.4 Å². The molecule has 0 saturated carbocycles. The molecule has 5 aromatic rings. The van der Waals surface area contributed by atoms with E-state index in [0.29, 0.717) is 24.3 Å². The van der Waals surface area contributed by atoms with E-state index in [-0.39, 0.29) is 43.0 Å². The first-order valence-corrected chi connectivity index (χ1v) is 20.7. The molecule has 2 fully saturated rings. The number of piperazine rings is 1. The van der Waals surface area contributed by atoms with Crippen LogP contribution >= 0.6 is 7.82 Å². The lowest BCUT2D eigenvalue weighted by Crippen LogP contribution is -2.46. The summed E-state index contributed by atoms with van der Waals surface area (Å²) < 4.78 is 63.4. The molecule has 2 aliphatic rings. The van der Waals surface area contributed by atoms with Gasteiger partial charge in [-0.15, -0.1) is 4.68 Å². The van der Waals surface area contributed by atoms with Gasteiger partial charge in [0.25, 0.3) is 6.33 Å². The Morgan fingerprint density at radius 1 is 0.966 bits per heavy atom. The van der Waals surface area contributed by atoms with Crippen molar-refractivity contribution in [2.45, 2.75) is 64.1 Å². The molecule has 58 heavy (non-hydrogen) atoms. The van der Waals surface area contributed by atoms with Crippen molar-refractivity contribution in [2.75, 3.05) is 49.2 Å². The molecule has 0 spiro atoms. The van der Waals surface area contributed by atoms with Crippen molar-refractivity contribution in [3.05, 3.63) is 113 Å². The molecule has 2 aliphatic heterocycles. The molecule has 3 N–H and O–H groups in total. The molecule has 2 aromatic heterocycles. The van der Waals surface area contributed by atoms with Crippen molar-refractivity contribution >= 4 is 19.2 Å². The number of ether oxygens (including phenoxy) is 2. The van der Waals surface area contributed by atoms with E-state index in [4.69, 9.17) is 14.0 Å². The van der Waals surface area contributed by atoms with E-state index in [0.717, 1.165) is 43.6 Å². The number of nitrogens with zero attached hydrogens (tertiary/aromatic N) is 8. The van der Waals surface area contributed by atoms with E-state index in [9.17, 15) is 28.6 Å². The molecule has 3 aromatic carbocycles. The first-order valence-electron chi connectivity index (χ1n) is 19.2. The quantitative estimate of drug-likeness (QED) is 0.102. The topological polar surface area (TPSA) is 173 Å². The molecule has 2 saturated heterocycles. The fourth-order valence-electron chi connectivity index (χ4n) is 7.79. The molecular weight excluding hydrogens is 777 g/mol. The molecule has 0 amide bonds. The number of aromatic nitrogens is 6. The predicted molar refractivity (Wildman–Crippen MR) is 208 cm³/mol. The van der Waals surface area contributed by atoms with Gasteiger partial charge in [0.1, 0.15) is 35.9 Å². The zero-order chi connectivity index (χ0) is 41.2. The predicted octanol–water partition coefficient (Wildman–Crippen LogP) is 4.09. The number of hydrogen-bond acceptors (Lipinski definition) is 10. The molecule has 0 bridgehead atoms. The molecular formula is C39H48F2N8O8P+. The fourth-order valence-corrected chi connectivity index (χ4v) is 8.29. The number of aliphatic hydroxyl groups is 1. The molecule has 7 rings (SSSR count). The molecule has 1 unspecified atom stereocenters. The summed E-state index contributed by atoms with van der Waals surface area (Å²) in [6.45, 7) is 8.80. The van der Waals surface area contributed by atoms with Gasteiger partial charge >= 0.3 is 13.5 Å². The lowest BCUT2D eigenvalue weighted by Gasteiger charge is -2.37. The van der Waals surface area contributed by atoms with Gasteiger partial charge in [-0.2, -0.15) is 5.10 Å². The van der Waals surface area contributed by atoms with Gasteiger partial charge in [-0.1, -0.05) is 13.0 Å². The first-order chi connectivity index (χ1) is 27.7. The Balaban J connectivity index is 0.936. The monoisotopic (exact) mass is 825 g/mol. The van der Waals surface area contributed by atoms with Crippen molar-refractivity contribution < 1.29 is 46.8 Å². The number of halogens is 2. The summed E-state index contributed by atoms with van der Waals surface area (Å²) in [6, 6.07) is 18.7. The summed E-state index contributed by atoms with van der Waals surface area (Å²) in [4.78, 5) is 36.0. The Morgan fingerprint density at radius 2 is 1.60 bits per heavy atom. The number of phosphoric ester groups is 1. The Morgan fingerprint density at radius 3 is 2.21 bits per heavy atom. The highest BCUT2D eigenvalue weighted by Crippen LogP contribution is 2.42. The summed E-state index contributed by atoms with van der Waals surface area (Å²) in [5, 5.41) is 18.6. The highest BCUT2D eigenvalue weighted by atomic mass is 31.2. The number of aliphatic hydroxyl groups excluding tert-OH is 1. The number of anilines is 2. The second-order valence-electron chi connectivity index (χ2n) is 14.8. The zero-order valence-electron chi connectivity index (χ0n) is 32.4. The molecule has 5 atom stereocenters. The number of phosphoric acid groups is 1. The Bertz CT molecular complexity index is 2270. The van der Waals surface area contributed by atoms with Crippen molar-refractivity contribution in [1.82, 2.24) is 24.1 Å². The van der Waals surface area contributed by atoms with Gasteiger partial charge in [-0.05, 0) is 81.3 Å². The Kier molecular flexibility index (Phi) is 12.1. The minimum Gasteiger partial charge on any atom is -0.493 e. The van der Waals surface area contributed by atoms with Crippen LogP contribution in [0.1, 0.15) is 51.4 Å². The van der Waals surface area contributed by atoms with E-state index in [1.165, 1.54) is 56.5 Å². The smallest absolute Gasteiger partial charge is 0.472 e. The van der Waals surface area contributed by atoms with E-state index in [1.807, 2.05) is 55.5 Å². The standard InChI is InChI=1S/C39H47F2N8O8P/c1-4-37(27(2)50)49-38(51)48(25-43-49)33-8-6-31(7-9-33)44-15-17-45(18-16-44)32-10-12-34(13-11-32)55-21-29-20-39(56-22-29,35-14-5-30(40)19-36(35)41)23-47-26-46(24-42-47)28(3)57-58(52,53)54/h5-14,19,24-29,37,50H,4,15-18,20-23H2,1-3H3,(H-,52,53,54)/p+1/t27-,28?,29+,37-,39-/m0/s1. The van der Waals surface area contributed by atoms with Gasteiger partial charge in [0.05, 0.1) is 31.0 Å². The van der Waals surface area contributed by atoms with E-state index in [2.05, 4.69) is 20.0 Å². The van der Waals surface area contributed by atoms with Gasteiger partial charge < -0.3 is 34.2 Å². The van der Waals surface area contributed by atoms with Crippen LogP contribution in [-0.2, 0) is 26.0 Å². The summed E-state index contributed by atoms with van der Waals surface area (Å²) in [7, 11) is -4.76. The molecule has 0 radical (unpaired) electrons. The van der Waals surface area contributed by atoms with Gasteiger partial charge in [0.2, 0.25) is 6.33 Å². The third kappa shape index (κ3) is 9.17. The third-order valence-corrected chi connectivity index (χ3v) is 11.4. The van der Waals surface area contributed by atoms with Gasteiger partial charge in [0.15, 0.2) is 6.23 Å². The minimum atomic E-state index is -4.76. The second-order valence-corrected chi connectivity index (χ2v) is 16.0. The Labute approximate surface area is 333 Å². The van der Waals surface area contributed by atoms with Crippen molar-refractivity contribution in [3.63, 3.8) is 0 Å². The third-order valence-electron chi connectivity index (χ3n) is 10.8. The average Bonchev–Trinajstić information content (AvgIpc) is 3.93. The summed E-state index contributed by atoms with van der Waals surface area (Å²) in [5.41, 5.74) is 1.48. The van der Waals surface area contributed by atoms with Gasteiger partial charge in [0, 0.05) is 60.2 Å². The van der Waals surface area contributed by atoms with E-state index >= 15 is 4.39 Å². The van der Waals surface area contributed by atoms with Gasteiger partial charge in [-0.25, -0.2) is 36.5 Å². The van der Waals surface area contributed by atoms with Crippen LogP contribution in [0.4, 0.5) is 20.2 Å². The largest absolute Gasteiger partial charge is 0.493 e. The van der Waals surface area contributed by atoms with Crippen LogP contribution in [0.3, 0.4) is 0 Å². The second kappa shape index (κ2) is 17.1. The average molecular weight is 826 g/mol. The molecule has 19 heteroatoms. The maximum Gasteiger partial charge on any atom is 0.472 e. The molecule has 310 valence electrons. The summed E-state index contributed by atoms with van der Waals surface area (Å²) >= 11 is 0. The lowest BCUT2D eigenvalue weighted by molar-refractivity contribution is -0.751. The SMILES string of the molecule is CC[C@@H]([C@H](C)O)n1ncn(-c2ccc(N3CCN(c4ccc(OC[C@@H]5CO[C@@](Cn6c[n+](C(C)OP(=O)(O)O)cn6)(c6ccc(F)cc6F)C5)cc4)CC3)cc2)c1=O. The molecule has 16 nitrogen and oxygen atoms in total. The number of benzene rings is 3. The maximum atomic E-state index is 15.3. The fraction of sp³-hybridized carbons (Fsp3) is 0.436. The first kappa shape index (κ1) is 41.2. The van der Waals surface area contributed by atoms with Crippen LogP contribution in [-0.4, -0.2) is 84.5 Å². The number of hydrogen-bond donors (Lipinski definition) is 3. The normalized spacial score (nSPS) is 20.3. The minimum absolute atomic E-state index is 0.0355. The van der Waals surface area contributed by atoms with Crippen LogP contribution < -0.4 is 24.8 Å². The summed E-state index contributed by atoms with van der Waals surface area (Å²) in [5.74, 6) is -0.952. The van der Waals surface area contributed by atoms with Crippen molar-refractivity contribution in [1.29, 1.82) is 0 Å². The molecule has 4 heterocycles. The van der Waals surface area contributed by atoms with Crippen molar-refractivity contribution in [2.24, 2.45) is 5.92 Å². The van der Waals surface area contributed by atoms with Crippen LogP contribution in [0.15, 0.2) is 90.5 Å². The van der Waals surface area contributed by atoms with Gasteiger partial charge in [-0.3, -0.25) is 0 Å². The van der Waals surface area contributed by atoms with Crippen LogP contribution in [0.5, 0.6) is 5.75 Å². The number of rotatable bonds is 15. The lowest BCUT2D eigenvalue weighted by atomic mass is 9.87. The van der Waals surface area contributed by atoms with E-state index in [1.54, 1.807) is 6.92 Å².